The SMILES string of the molecule is CCCCCC=CCC=CCC=CCC=CCCCCC(=O)OC. The number of allylic oxidation sites excluding steroid dienone is 8. The Morgan fingerprint density at radius 1 is 0.708 bits per heavy atom. The lowest BCUT2D eigenvalue weighted by atomic mass is 10.2. The van der Waals surface area contributed by atoms with E-state index in [2.05, 4.69) is 60.3 Å². The summed E-state index contributed by atoms with van der Waals surface area (Å²) in [5.41, 5.74) is 0. The van der Waals surface area contributed by atoms with E-state index in [0.717, 1.165) is 38.5 Å². The number of carbonyl (C=O) groups excluding carboxylic acids is 1. The average molecular weight is 333 g/mol. The van der Waals surface area contributed by atoms with Gasteiger partial charge in [-0.3, -0.25) is 4.79 Å². The van der Waals surface area contributed by atoms with E-state index in [9.17, 15) is 4.79 Å². The van der Waals surface area contributed by atoms with Crippen molar-refractivity contribution < 1.29 is 9.53 Å². The average Bonchev–Trinajstić information content (AvgIpc) is 2.60. The third kappa shape index (κ3) is 18.5. The van der Waals surface area contributed by atoms with Crippen LogP contribution in [0.5, 0.6) is 0 Å². The predicted molar refractivity (Wildman–Crippen MR) is 105 cm³/mol. The van der Waals surface area contributed by atoms with Gasteiger partial charge in [-0.2, -0.15) is 0 Å². The largest absolute Gasteiger partial charge is 0.469 e. The van der Waals surface area contributed by atoms with Gasteiger partial charge in [-0.15, -0.1) is 0 Å². The summed E-state index contributed by atoms with van der Waals surface area (Å²) in [5.74, 6) is -0.109. The topological polar surface area (TPSA) is 26.3 Å². The number of unbranched alkanes of at least 4 members (excludes halogenated alkanes) is 5. The maximum absolute atomic E-state index is 10.9. The van der Waals surface area contributed by atoms with Crippen molar-refractivity contribution in [3.8, 4) is 0 Å². The van der Waals surface area contributed by atoms with Crippen LogP contribution in [0.4, 0.5) is 0 Å². The first-order valence-corrected chi connectivity index (χ1v) is 9.48. The van der Waals surface area contributed by atoms with Crippen LogP contribution >= 0.6 is 0 Å². The van der Waals surface area contributed by atoms with Crippen molar-refractivity contribution >= 4 is 5.97 Å². The summed E-state index contributed by atoms with van der Waals surface area (Å²) in [7, 11) is 1.44. The van der Waals surface area contributed by atoms with Gasteiger partial charge in [0.05, 0.1) is 7.11 Å². The summed E-state index contributed by atoms with van der Waals surface area (Å²) in [4.78, 5) is 10.9. The van der Waals surface area contributed by atoms with Gasteiger partial charge in [-0.25, -0.2) is 0 Å². The molecule has 0 aliphatic carbocycles. The van der Waals surface area contributed by atoms with Gasteiger partial charge in [-0.1, -0.05) is 68.4 Å². The van der Waals surface area contributed by atoms with Crippen LogP contribution in [0.15, 0.2) is 48.6 Å². The minimum Gasteiger partial charge on any atom is -0.469 e. The molecule has 0 spiro atoms. The third-order valence-corrected chi connectivity index (χ3v) is 3.69. The van der Waals surface area contributed by atoms with Crippen molar-refractivity contribution in [2.45, 2.75) is 77.6 Å². The molecule has 0 amide bonds. The Morgan fingerprint density at radius 2 is 1.17 bits per heavy atom. The third-order valence-electron chi connectivity index (χ3n) is 3.69. The molecule has 0 aliphatic rings. The Balaban J connectivity index is 3.40. The fourth-order valence-corrected chi connectivity index (χ4v) is 2.19. The van der Waals surface area contributed by atoms with Crippen molar-refractivity contribution in [3.63, 3.8) is 0 Å². The van der Waals surface area contributed by atoms with Crippen LogP contribution in [-0.4, -0.2) is 13.1 Å². The van der Waals surface area contributed by atoms with Crippen LogP contribution in [0.3, 0.4) is 0 Å². The second-order valence-corrected chi connectivity index (χ2v) is 5.91. The van der Waals surface area contributed by atoms with Crippen LogP contribution in [0.2, 0.25) is 0 Å². The van der Waals surface area contributed by atoms with Gasteiger partial charge in [-0.05, 0) is 51.4 Å². The van der Waals surface area contributed by atoms with E-state index in [4.69, 9.17) is 0 Å². The number of rotatable bonds is 15. The van der Waals surface area contributed by atoms with Gasteiger partial charge in [0, 0.05) is 6.42 Å². The van der Waals surface area contributed by atoms with E-state index in [1.807, 2.05) is 0 Å². The normalized spacial score (nSPS) is 12.2. The van der Waals surface area contributed by atoms with Gasteiger partial charge in [0.1, 0.15) is 0 Å². The van der Waals surface area contributed by atoms with Crippen LogP contribution in [-0.2, 0) is 9.53 Å². The van der Waals surface area contributed by atoms with Gasteiger partial charge in [0.15, 0.2) is 0 Å². The zero-order chi connectivity index (χ0) is 17.7. The summed E-state index contributed by atoms with van der Waals surface area (Å²) in [6.45, 7) is 2.24. The minimum atomic E-state index is -0.109. The Labute approximate surface area is 149 Å². The number of hydrogen-bond acceptors (Lipinski definition) is 2. The van der Waals surface area contributed by atoms with Crippen molar-refractivity contribution in [2.24, 2.45) is 0 Å². The first-order valence-electron chi connectivity index (χ1n) is 9.48. The molecular formula is C22H36O2. The number of methoxy groups -OCH3 is 1. The minimum absolute atomic E-state index is 0.109. The Bertz CT molecular complexity index is 389. The zero-order valence-corrected chi connectivity index (χ0v) is 15.7. The van der Waals surface area contributed by atoms with Crippen molar-refractivity contribution in [3.05, 3.63) is 48.6 Å². The molecule has 0 fully saturated rings. The second-order valence-electron chi connectivity index (χ2n) is 5.91. The number of carbonyl (C=O) groups is 1. The first kappa shape index (κ1) is 22.4. The highest BCUT2D eigenvalue weighted by Gasteiger charge is 1.97. The molecule has 0 saturated heterocycles. The van der Waals surface area contributed by atoms with E-state index in [0.29, 0.717) is 6.42 Å². The molecule has 2 nitrogen and oxygen atoms in total. The highest BCUT2D eigenvalue weighted by molar-refractivity contribution is 5.68. The summed E-state index contributed by atoms with van der Waals surface area (Å²) in [6.07, 6.45) is 29.6. The maximum Gasteiger partial charge on any atom is 0.305 e. The van der Waals surface area contributed by atoms with Crippen LogP contribution in [0.1, 0.15) is 77.6 Å². The highest BCUT2D eigenvalue weighted by Crippen LogP contribution is 2.03. The lowest BCUT2D eigenvalue weighted by molar-refractivity contribution is -0.140. The Morgan fingerprint density at radius 3 is 1.62 bits per heavy atom. The second kappa shape index (κ2) is 19.5. The molecule has 0 heterocycles. The molecule has 0 unspecified atom stereocenters. The van der Waals surface area contributed by atoms with E-state index >= 15 is 0 Å². The van der Waals surface area contributed by atoms with Gasteiger partial charge >= 0.3 is 5.97 Å². The molecule has 24 heavy (non-hydrogen) atoms. The van der Waals surface area contributed by atoms with E-state index in [-0.39, 0.29) is 5.97 Å². The summed E-state index contributed by atoms with van der Waals surface area (Å²) in [5, 5.41) is 0. The van der Waals surface area contributed by atoms with Crippen molar-refractivity contribution in [1.82, 2.24) is 0 Å². The van der Waals surface area contributed by atoms with Crippen molar-refractivity contribution in [1.29, 1.82) is 0 Å². The number of hydrogen-bond donors (Lipinski definition) is 0. The van der Waals surface area contributed by atoms with Gasteiger partial charge in [0.2, 0.25) is 0 Å². The van der Waals surface area contributed by atoms with Crippen LogP contribution in [0.25, 0.3) is 0 Å². The van der Waals surface area contributed by atoms with Gasteiger partial charge < -0.3 is 4.74 Å². The first-order chi connectivity index (χ1) is 11.8. The Hall–Kier alpha value is -1.57. The molecule has 0 N–H and O–H groups in total. The van der Waals surface area contributed by atoms with Crippen molar-refractivity contribution in [2.75, 3.05) is 7.11 Å². The monoisotopic (exact) mass is 332 g/mol. The zero-order valence-electron chi connectivity index (χ0n) is 15.7. The summed E-state index contributed by atoms with van der Waals surface area (Å²) in [6, 6.07) is 0. The molecule has 0 bridgehead atoms. The van der Waals surface area contributed by atoms with Crippen LogP contribution < -0.4 is 0 Å². The number of esters is 1. The molecule has 0 aromatic heterocycles. The molecular weight excluding hydrogens is 296 g/mol. The maximum atomic E-state index is 10.9. The number of ether oxygens (including phenoxy) is 1. The lowest BCUT2D eigenvalue weighted by Gasteiger charge is -1.96. The van der Waals surface area contributed by atoms with Gasteiger partial charge in [0.25, 0.3) is 0 Å². The molecule has 2 heteroatoms. The standard InChI is InChI=1S/C22H36O2/c1-3-4-5-6-7-8-9-10-11-12-13-14-15-16-17-18-19-20-21-22(23)24-2/h7-8,10-11,13-14,16-17H,3-6,9,12,15,18-21H2,1-2H3. The van der Waals surface area contributed by atoms with E-state index in [1.54, 1.807) is 0 Å². The fourth-order valence-electron chi connectivity index (χ4n) is 2.19. The smallest absolute Gasteiger partial charge is 0.305 e. The molecule has 0 radical (unpaired) electrons. The molecule has 0 rings (SSSR count). The lowest BCUT2D eigenvalue weighted by Crippen LogP contribution is -1.98. The predicted octanol–water partition coefficient (Wildman–Crippen LogP) is 6.70. The summed E-state index contributed by atoms with van der Waals surface area (Å²) >= 11 is 0. The van der Waals surface area contributed by atoms with E-state index in [1.165, 1.54) is 32.8 Å². The molecule has 0 atom stereocenters. The molecule has 0 aliphatic heterocycles. The highest BCUT2D eigenvalue weighted by atomic mass is 16.5. The summed E-state index contributed by atoms with van der Waals surface area (Å²) < 4.78 is 4.61. The molecule has 136 valence electrons. The Kier molecular flexibility index (Phi) is 18.2. The quantitative estimate of drug-likeness (QED) is 0.189. The molecule has 0 aromatic carbocycles. The van der Waals surface area contributed by atoms with E-state index < -0.39 is 0 Å². The molecule has 0 saturated carbocycles. The molecule has 0 aromatic rings. The van der Waals surface area contributed by atoms with Crippen LogP contribution in [0, 0.1) is 0 Å². The fraction of sp³-hybridized carbons (Fsp3) is 0.591.